The molecular weight excluding hydrogens is 386 g/mol. The number of nitriles is 1. The average Bonchev–Trinajstić information content (AvgIpc) is 2.83. The fourth-order valence-electron chi connectivity index (χ4n) is 3.94. The molecule has 0 unspecified atom stereocenters. The first kappa shape index (κ1) is 20.7. The summed E-state index contributed by atoms with van der Waals surface area (Å²) in [7, 11) is 1.68. The zero-order chi connectivity index (χ0) is 21.8. The van der Waals surface area contributed by atoms with Crippen LogP contribution in [0.1, 0.15) is 30.9 Å². The number of rotatable bonds is 5. The highest BCUT2D eigenvalue weighted by molar-refractivity contribution is 5.69. The van der Waals surface area contributed by atoms with Gasteiger partial charge in [-0.05, 0) is 35.7 Å². The van der Waals surface area contributed by atoms with Crippen molar-refractivity contribution in [2.24, 2.45) is 0 Å². The molecule has 0 N–H and O–H groups in total. The van der Waals surface area contributed by atoms with Gasteiger partial charge in [0.1, 0.15) is 17.6 Å². The number of nitrogens with zero attached hydrogens (tertiary/aromatic N) is 5. The number of ether oxygens (including phenoxy) is 1. The molecule has 158 valence electrons. The van der Waals surface area contributed by atoms with E-state index in [1.807, 2.05) is 36.5 Å². The molecule has 31 heavy (non-hydrogen) atoms. The Bertz CT molecular complexity index is 1100. The fraction of sp³-hybridized carbons (Fsp3) is 0.320. The highest BCUT2D eigenvalue weighted by atomic mass is 16.5. The van der Waals surface area contributed by atoms with Gasteiger partial charge in [-0.1, -0.05) is 32.0 Å². The van der Waals surface area contributed by atoms with Gasteiger partial charge >= 0.3 is 0 Å². The van der Waals surface area contributed by atoms with Gasteiger partial charge in [0, 0.05) is 31.7 Å². The van der Waals surface area contributed by atoms with Crippen LogP contribution < -0.4 is 14.5 Å². The van der Waals surface area contributed by atoms with Gasteiger partial charge in [0.2, 0.25) is 0 Å². The normalized spacial score (nSPS) is 13.9. The lowest BCUT2D eigenvalue weighted by atomic mass is 9.99. The average molecular weight is 414 g/mol. The van der Waals surface area contributed by atoms with Gasteiger partial charge < -0.3 is 14.5 Å². The van der Waals surface area contributed by atoms with E-state index in [0.717, 1.165) is 60.3 Å². The van der Waals surface area contributed by atoms with Crippen molar-refractivity contribution in [2.45, 2.75) is 19.8 Å². The highest BCUT2D eigenvalue weighted by Crippen LogP contribution is 2.32. The minimum atomic E-state index is 0.421. The van der Waals surface area contributed by atoms with Crippen LogP contribution in [0.2, 0.25) is 0 Å². The largest absolute Gasteiger partial charge is 0.496 e. The Labute approximate surface area is 183 Å². The quantitative estimate of drug-likeness (QED) is 0.615. The van der Waals surface area contributed by atoms with Gasteiger partial charge in [0.05, 0.1) is 36.4 Å². The van der Waals surface area contributed by atoms with Gasteiger partial charge in [0.25, 0.3) is 0 Å². The predicted octanol–water partition coefficient (Wildman–Crippen LogP) is 4.47. The molecule has 1 aromatic heterocycles. The maximum absolute atomic E-state index is 9.40. The third-order valence-electron chi connectivity index (χ3n) is 5.76. The first-order valence-corrected chi connectivity index (χ1v) is 10.6. The molecule has 0 saturated carbocycles. The number of anilines is 2. The smallest absolute Gasteiger partial charge is 0.147 e. The summed E-state index contributed by atoms with van der Waals surface area (Å²) in [5.74, 6) is 2.08. The minimum absolute atomic E-state index is 0.421. The molecule has 4 rings (SSSR count). The van der Waals surface area contributed by atoms with E-state index in [0.29, 0.717) is 5.92 Å². The molecule has 1 aliphatic rings. The molecule has 2 heterocycles. The molecule has 1 aliphatic heterocycles. The van der Waals surface area contributed by atoms with Crippen LogP contribution in [-0.4, -0.2) is 43.3 Å². The topological polar surface area (TPSA) is 65.3 Å². The van der Waals surface area contributed by atoms with Crippen molar-refractivity contribution in [3.05, 3.63) is 66.0 Å². The van der Waals surface area contributed by atoms with E-state index in [4.69, 9.17) is 9.72 Å². The number of para-hydroxylation sites is 1. The van der Waals surface area contributed by atoms with E-state index < -0.39 is 0 Å². The zero-order valence-electron chi connectivity index (χ0n) is 18.2. The molecule has 1 fully saturated rings. The third-order valence-corrected chi connectivity index (χ3v) is 5.76. The summed E-state index contributed by atoms with van der Waals surface area (Å²) < 4.78 is 5.59. The van der Waals surface area contributed by atoms with Crippen molar-refractivity contribution in [1.82, 2.24) is 9.97 Å². The second-order valence-electron chi connectivity index (χ2n) is 7.98. The second kappa shape index (κ2) is 9.05. The van der Waals surface area contributed by atoms with Crippen molar-refractivity contribution in [2.75, 3.05) is 43.1 Å². The summed E-state index contributed by atoms with van der Waals surface area (Å²) in [6, 6.07) is 16.3. The summed E-state index contributed by atoms with van der Waals surface area (Å²) in [5, 5.41) is 9.40. The van der Waals surface area contributed by atoms with Gasteiger partial charge in [-0.25, -0.2) is 4.98 Å². The Morgan fingerprint density at radius 3 is 2.45 bits per heavy atom. The molecule has 0 amide bonds. The standard InChI is InChI=1S/C25H27N5O/c1-18(2)19-8-9-24(31-3)21(14-19)22-16-27-17-25(28-22)30-12-10-29(11-13-30)23-7-5-4-6-20(23)15-26/h4-9,14,16-18H,10-13H2,1-3H3. The molecular formula is C25H27N5O. The minimum Gasteiger partial charge on any atom is -0.496 e. The van der Waals surface area contributed by atoms with Crippen LogP contribution in [0.3, 0.4) is 0 Å². The highest BCUT2D eigenvalue weighted by Gasteiger charge is 2.21. The van der Waals surface area contributed by atoms with Crippen LogP contribution >= 0.6 is 0 Å². The Balaban J connectivity index is 1.55. The first-order valence-electron chi connectivity index (χ1n) is 10.6. The lowest BCUT2D eigenvalue weighted by molar-refractivity contribution is 0.416. The number of benzene rings is 2. The van der Waals surface area contributed by atoms with E-state index in [1.165, 1.54) is 5.56 Å². The Kier molecular flexibility index (Phi) is 6.03. The fourth-order valence-corrected chi connectivity index (χ4v) is 3.94. The number of piperazine rings is 1. The van der Waals surface area contributed by atoms with Crippen LogP contribution in [0, 0.1) is 11.3 Å². The van der Waals surface area contributed by atoms with Gasteiger partial charge in [-0.3, -0.25) is 4.98 Å². The van der Waals surface area contributed by atoms with Gasteiger partial charge in [-0.2, -0.15) is 5.26 Å². The predicted molar refractivity (Wildman–Crippen MR) is 124 cm³/mol. The van der Waals surface area contributed by atoms with Crippen molar-refractivity contribution < 1.29 is 4.74 Å². The maximum atomic E-state index is 9.40. The Morgan fingerprint density at radius 1 is 1.00 bits per heavy atom. The summed E-state index contributed by atoms with van der Waals surface area (Å²) in [6.07, 6.45) is 3.62. The number of aromatic nitrogens is 2. The SMILES string of the molecule is COc1ccc(C(C)C)cc1-c1cncc(N2CCN(c3ccccc3C#N)CC2)n1. The van der Waals surface area contributed by atoms with Crippen LogP contribution in [0.4, 0.5) is 11.5 Å². The summed E-state index contributed by atoms with van der Waals surface area (Å²) in [5.41, 5.74) is 4.74. The monoisotopic (exact) mass is 413 g/mol. The lowest BCUT2D eigenvalue weighted by Gasteiger charge is -2.37. The summed E-state index contributed by atoms with van der Waals surface area (Å²) >= 11 is 0. The van der Waals surface area contributed by atoms with E-state index in [9.17, 15) is 5.26 Å². The molecule has 0 radical (unpaired) electrons. The molecule has 0 aliphatic carbocycles. The van der Waals surface area contributed by atoms with Crippen LogP contribution in [0.15, 0.2) is 54.9 Å². The van der Waals surface area contributed by atoms with Crippen molar-refractivity contribution in [3.8, 4) is 23.1 Å². The first-order chi connectivity index (χ1) is 15.1. The van der Waals surface area contributed by atoms with E-state index >= 15 is 0 Å². The lowest BCUT2D eigenvalue weighted by Crippen LogP contribution is -2.47. The van der Waals surface area contributed by atoms with Crippen molar-refractivity contribution in [3.63, 3.8) is 0 Å². The third kappa shape index (κ3) is 4.31. The summed E-state index contributed by atoms with van der Waals surface area (Å²) in [4.78, 5) is 13.9. The second-order valence-corrected chi connectivity index (χ2v) is 7.98. The van der Waals surface area contributed by atoms with Crippen molar-refractivity contribution in [1.29, 1.82) is 5.26 Å². The van der Waals surface area contributed by atoms with Crippen molar-refractivity contribution >= 4 is 11.5 Å². The Hall–Kier alpha value is -3.59. The van der Waals surface area contributed by atoms with Gasteiger partial charge in [0.15, 0.2) is 0 Å². The van der Waals surface area contributed by atoms with Crippen LogP contribution in [0.5, 0.6) is 5.75 Å². The molecule has 6 nitrogen and oxygen atoms in total. The van der Waals surface area contributed by atoms with Crippen LogP contribution in [-0.2, 0) is 0 Å². The molecule has 6 heteroatoms. The van der Waals surface area contributed by atoms with E-state index in [-0.39, 0.29) is 0 Å². The molecule has 0 spiro atoms. The zero-order valence-corrected chi connectivity index (χ0v) is 18.2. The number of hydrogen-bond acceptors (Lipinski definition) is 6. The number of methoxy groups -OCH3 is 1. The van der Waals surface area contributed by atoms with Gasteiger partial charge in [-0.15, -0.1) is 0 Å². The molecule has 0 bridgehead atoms. The molecule has 0 atom stereocenters. The molecule has 2 aromatic carbocycles. The molecule has 1 saturated heterocycles. The Morgan fingerprint density at radius 2 is 1.74 bits per heavy atom. The van der Waals surface area contributed by atoms with E-state index in [2.05, 4.69) is 46.8 Å². The summed E-state index contributed by atoms with van der Waals surface area (Å²) in [6.45, 7) is 7.66. The maximum Gasteiger partial charge on any atom is 0.147 e. The number of hydrogen-bond donors (Lipinski definition) is 0. The molecule has 3 aromatic rings. The van der Waals surface area contributed by atoms with E-state index in [1.54, 1.807) is 13.3 Å². The van der Waals surface area contributed by atoms with Crippen LogP contribution in [0.25, 0.3) is 11.3 Å².